The Morgan fingerprint density at radius 2 is 1.87 bits per heavy atom. The van der Waals surface area contributed by atoms with E-state index >= 15 is 0 Å². The van der Waals surface area contributed by atoms with Gasteiger partial charge in [0, 0.05) is 17.9 Å². The maximum atomic E-state index is 13.2. The lowest BCUT2D eigenvalue weighted by Gasteiger charge is -2.37. The van der Waals surface area contributed by atoms with Crippen molar-refractivity contribution in [3.8, 4) is 0 Å². The van der Waals surface area contributed by atoms with E-state index < -0.39 is 0 Å². The fourth-order valence-electron chi connectivity index (χ4n) is 5.29. The van der Waals surface area contributed by atoms with Crippen molar-refractivity contribution in [3.63, 3.8) is 0 Å². The van der Waals surface area contributed by atoms with Crippen molar-refractivity contribution in [3.05, 3.63) is 23.8 Å². The van der Waals surface area contributed by atoms with E-state index in [1.807, 2.05) is 25.1 Å². The number of likely N-dealkylation sites (tertiary alicyclic amines) is 1. The Morgan fingerprint density at radius 3 is 2.65 bits per heavy atom. The van der Waals surface area contributed by atoms with Gasteiger partial charge in [0.1, 0.15) is 0 Å². The number of piperidine rings is 1. The standard InChI is InChI=1S/C23H34N4O2.2ClH/c1-17-8-9-19(13-20(17)26-21(28)15-27-11-5-2-6-12-27)25-22(29)23-10-4-3-7-18(23)14-24-16-23;;/h8-9,13,18,24H,2-7,10-12,14-16H2,1H3,(H,25,29)(H,26,28);2*1H/t18-,23+;;/m0../s1. The number of hydrogen-bond acceptors (Lipinski definition) is 4. The van der Waals surface area contributed by atoms with Crippen molar-refractivity contribution in [2.75, 3.05) is 43.4 Å². The molecule has 174 valence electrons. The fraction of sp³-hybridized carbons (Fsp3) is 0.652. The summed E-state index contributed by atoms with van der Waals surface area (Å²) in [5, 5.41) is 9.64. The summed E-state index contributed by atoms with van der Waals surface area (Å²) >= 11 is 0. The average molecular weight is 471 g/mol. The molecule has 0 radical (unpaired) electrons. The summed E-state index contributed by atoms with van der Waals surface area (Å²) in [6, 6.07) is 5.80. The van der Waals surface area contributed by atoms with Gasteiger partial charge in [-0.05, 0) is 75.9 Å². The number of hydrogen-bond donors (Lipinski definition) is 3. The van der Waals surface area contributed by atoms with Crippen molar-refractivity contribution in [2.24, 2.45) is 11.3 Å². The van der Waals surface area contributed by atoms with E-state index in [1.54, 1.807) is 0 Å². The minimum absolute atomic E-state index is 0. The van der Waals surface area contributed by atoms with Gasteiger partial charge in [-0.25, -0.2) is 0 Å². The number of halogens is 2. The molecular weight excluding hydrogens is 435 g/mol. The molecule has 0 aromatic heterocycles. The number of anilines is 2. The van der Waals surface area contributed by atoms with Crippen molar-refractivity contribution in [2.45, 2.75) is 51.9 Å². The molecule has 2 amide bonds. The van der Waals surface area contributed by atoms with Crippen LogP contribution < -0.4 is 16.0 Å². The van der Waals surface area contributed by atoms with Crippen LogP contribution in [0.15, 0.2) is 18.2 Å². The van der Waals surface area contributed by atoms with E-state index in [0.29, 0.717) is 12.5 Å². The third-order valence-electron chi connectivity index (χ3n) is 7.08. The molecule has 2 saturated heterocycles. The zero-order valence-electron chi connectivity index (χ0n) is 18.4. The minimum Gasteiger partial charge on any atom is -0.325 e. The monoisotopic (exact) mass is 470 g/mol. The molecule has 0 unspecified atom stereocenters. The topological polar surface area (TPSA) is 73.5 Å². The van der Waals surface area contributed by atoms with Gasteiger partial charge >= 0.3 is 0 Å². The van der Waals surface area contributed by atoms with Crippen LogP contribution in [0.1, 0.15) is 50.5 Å². The first-order valence-corrected chi connectivity index (χ1v) is 11.2. The Kier molecular flexibility index (Phi) is 9.62. The number of nitrogens with zero attached hydrogens (tertiary/aromatic N) is 1. The first kappa shape index (κ1) is 25.9. The molecule has 3 fully saturated rings. The van der Waals surface area contributed by atoms with Gasteiger partial charge in [-0.1, -0.05) is 25.3 Å². The Balaban J connectivity index is 0.00000171. The second-order valence-electron chi connectivity index (χ2n) is 9.10. The summed E-state index contributed by atoms with van der Waals surface area (Å²) in [6.45, 7) is 6.14. The lowest BCUT2D eigenvalue weighted by Crippen LogP contribution is -2.44. The first-order valence-electron chi connectivity index (χ1n) is 11.2. The highest BCUT2D eigenvalue weighted by molar-refractivity contribution is 5.98. The highest BCUT2D eigenvalue weighted by atomic mass is 35.5. The molecule has 3 aliphatic rings. The average Bonchev–Trinajstić information content (AvgIpc) is 3.17. The van der Waals surface area contributed by atoms with Crippen LogP contribution >= 0.6 is 24.8 Å². The Bertz CT molecular complexity index is 770. The number of carbonyl (C=O) groups excluding carboxylic acids is 2. The second-order valence-corrected chi connectivity index (χ2v) is 9.10. The molecule has 2 aliphatic heterocycles. The van der Waals surface area contributed by atoms with Crippen molar-refractivity contribution < 1.29 is 9.59 Å². The van der Waals surface area contributed by atoms with E-state index in [-0.39, 0.29) is 42.0 Å². The van der Waals surface area contributed by atoms with Crippen LogP contribution in [0.5, 0.6) is 0 Å². The highest BCUT2D eigenvalue weighted by Gasteiger charge is 2.49. The van der Waals surface area contributed by atoms with Crippen LogP contribution in [0.3, 0.4) is 0 Å². The summed E-state index contributed by atoms with van der Waals surface area (Å²) < 4.78 is 0. The minimum atomic E-state index is -0.277. The zero-order chi connectivity index (χ0) is 20.3. The second kappa shape index (κ2) is 11.5. The summed E-state index contributed by atoms with van der Waals surface area (Å²) in [6.07, 6.45) is 8.04. The molecular formula is C23H36Cl2N4O2. The molecule has 1 aliphatic carbocycles. The lowest BCUT2D eigenvalue weighted by atomic mass is 9.67. The van der Waals surface area contributed by atoms with Crippen LogP contribution in [-0.4, -0.2) is 49.4 Å². The van der Waals surface area contributed by atoms with E-state index in [1.165, 1.54) is 25.7 Å². The quantitative estimate of drug-likeness (QED) is 0.608. The normalized spacial score (nSPS) is 25.5. The van der Waals surface area contributed by atoms with Gasteiger partial charge in [-0.15, -0.1) is 24.8 Å². The van der Waals surface area contributed by atoms with E-state index in [9.17, 15) is 9.59 Å². The van der Waals surface area contributed by atoms with Gasteiger partial charge in [0.2, 0.25) is 11.8 Å². The smallest absolute Gasteiger partial charge is 0.238 e. The van der Waals surface area contributed by atoms with Gasteiger partial charge in [0.25, 0.3) is 0 Å². The Morgan fingerprint density at radius 1 is 1.10 bits per heavy atom. The zero-order valence-corrected chi connectivity index (χ0v) is 20.0. The number of nitrogens with one attached hydrogen (secondary N) is 3. The van der Waals surface area contributed by atoms with Crippen LogP contribution in [0.25, 0.3) is 0 Å². The molecule has 2 atom stereocenters. The summed E-state index contributed by atoms with van der Waals surface area (Å²) in [7, 11) is 0. The molecule has 1 saturated carbocycles. The van der Waals surface area contributed by atoms with E-state index in [2.05, 4.69) is 20.9 Å². The van der Waals surface area contributed by atoms with Gasteiger partial charge in [0.05, 0.1) is 12.0 Å². The predicted octanol–water partition coefficient (Wildman–Crippen LogP) is 3.98. The number of benzene rings is 1. The van der Waals surface area contributed by atoms with Crippen molar-refractivity contribution in [1.29, 1.82) is 0 Å². The van der Waals surface area contributed by atoms with E-state index in [0.717, 1.165) is 62.4 Å². The SMILES string of the molecule is Cc1ccc(NC(=O)[C@@]23CCCC[C@H]2CNC3)cc1NC(=O)CN1CCCCC1.Cl.Cl. The fourth-order valence-corrected chi connectivity index (χ4v) is 5.29. The molecule has 1 aromatic rings. The molecule has 1 aromatic carbocycles. The molecule has 4 rings (SSSR count). The number of carbonyl (C=O) groups is 2. The third-order valence-corrected chi connectivity index (χ3v) is 7.08. The van der Waals surface area contributed by atoms with E-state index in [4.69, 9.17) is 0 Å². The largest absolute Gasteiger partial charge is 0.325 e. The maximum absolute atomic E-state index is 13.2. The Hall–Kier alpha value is -1.34. The molecule has 3 N–H and O–H groups in total. The van der Waals surface area contributed by atoms with Crippen molar-refractivity contribution >= 4 is 48.0 Å². The van der Waals surface area contributed by atoms with Crippen LogP contribution in [0.4, 0.5) is 11.4 Å². The number of fused-ring (bicyclic) bond motifs is 1. The molecule has 6 nitrogen and oxygen atoms in total. The summed E-state index contributed by atoms with van der Waals surface area (Å²) in [4.78, 5) is 27.9. The number of rotatable bonds is 5. The Labute approximate surface area is 198 Å². The summed E-state index contributed by atoms with van der Waals surface area (Å²) in [5.74, 6) is 0.580. The molecule has 31 heavy (non-hydrogen) atoms. The van der Waals surface area contributed by atoms with Crippen LogP contribution in [-0.2, 0) is 9.59 Å². The van der Waals surface area contributed by atoms with Gasteiger partial charge in [0.15, 0.2) is 0 Å². The molecule has 0 spiro atoms. The van der Waals surface area contributed by atoms with Gasteiger partial charge in [-0.3, -0.25) is 14.5 Å². The molecule has 2 heterocycles. The first-order chi connectivity index (χ1) is 14.1. The number of amides is 2. The van der Waals surface area contributed by atoms with Crippen LogP contribution in [0.2, 0.25) is 0 Å². The lowest BCUT2D eigenvalue weighted by molar-refractivity contribution is -0.128. The third kappa shape index (κ3) is 5.92. The molecule has 8 heteroatoms. The summed E-state index contributed by atoms with van der Waals surface area (Å²) in [5.41, 5.74) is 2.28. The molecule has 0 bridgehead atoms. The maximum Gasteiger partial charge on any atom is 0.238 e. The van der Waals surface area contributed by atoms with Crippen LogP contribution in [0, 0.1) is 18.3 Å². The van der Waals surface area contributed by atoms with Crippen molar-refractivity contribution in [1.82, 2.24) is 10.2 Å². The highest BCUT2D eigenvalue weighted by Crippen LogP contribution is 2.44. The number of aryl methyl sites for hydroxylation is 1. The van der Waals surface area contributed by atoms with Gasteiger partial charge < -0.3 is 16.0 Å². The van der Waals surface area contributed by atoms with Gasteiger partial charge in [-0.2, -0.15) is 0 Å². The predicted molar refractivity (Wildman–Crippen MR) is 130 cm³/mol.